The molecule has 0 saturated carbocycles. The number of carbonyl (C=O) groups excluding carboxylic acids is 2. The van der Waals surface area contributed by atoms with E-state index in [2.05, 4.69) is 5.32 Å². The van der Waals surface area contributed by atoms with Crippen LogP contribution in [0.2, 0.25) is 0 Å². The van der Waals surface area contributed by atoms with E-state index >= 15 is 0 Å². The molecule has 28 heavy (non-hydrogen) atoms. The van der Waals surface area contributed by atoms with Gasteiger partial charge in [-0.2, -0.15) is 0 Å². The highest BCUT2D eigenvalue weighted by molar-refractivity contribution is 5.98. The highest BCUT2D eigenvalue weighted by Gasteiger charge is 2.22. The first-order valence-electron chi connectivity index (χ1n) is 9.50. The van der Waals surface area contributed by atoms with Crippen molar-refractivity contribution >= 4 is 18.0 Å². The monoisotopic (exact) mass is 384 g/mol. The molecule has 0 bridgehead atoms. The molecule has 0 saturated heterocycles. The molecule has 0 atom stereocenters. The van der Waals surface area contributed by atoms with Crippen LogP contribution in [-0.2, 0) is 16.1 Å². The van der Waals surface area contributed by atoms with Gasteiger partial charge in [0.25, 0.3) is 0 Å². The summed E-state index contributed by atoms with van der Waals surface area (Å²) in [5.41, 5.74) is 3.00. The van der Waals surface area contributed by atoms with Crippen molar-refractivity contribution in [3.05, 3.63) is 58.9 Å². The van der Waals surface area contributed by atoms with E-state index in [1.807, 2.05) is 55.7 Å². The molecule has 0 aliphatic rings. The molecule has 0 fully saturated rings. The van der Waals surface area contributed by atoms with Crippen LogP contribution in [0, 0.1) is 13.8 Å². The summed E-state index contributed by atoms with van der Waals surface area (Å²) in [6.45, 7) is 9.42. The van der Waals surface area contributed by atoms with E-state index in [1.54, 1.807) is 13.0 Å². The molecule has 150 valence electrons. The second kappa shape index (κ2) is 10.3. The van der Waals surface area contributed by atoms with Gasteiger partial charge in [0.15, 0.2) is 0 Å². The lowest BCUT2D eigenvalue weighted by atomic mass is 10.1. The van der Waals surface area contributed by atoms with E-state index in [-0.39, 0.29) is 11.9 Å². The molecule has 1 amide bonds. The van der Waals surface area contributed by atoms with E-state index in [0.29, 0.717) is 30.9 Å². The summed E-state index contributed by atoms with van der Waals surface area (Å²) in [7, 11) is 0. The standard InChI is InChI=1S/C22H28N2O4/c1-5-24-16(3)19(21(17(24)4)22(26)27-6-2)12-13-20(25)23-14-15-28-18-10-8-7-9-11-18/h7-13H,5-6,14-15H2,1-4H3,(H,23,25)/b13-12+. The molecular weight excluding hydrogens is 356 g/mol. The van der Waals surface area contributed by atoms with Crippen molar-refractivity contribution in [2.75, 3.05) is 19.8 Å². The minimum absolute atomic E-state index is 0.243. The quantitative estimate of drug-likeness (QED) is 0.408. The van der Waals surface area contributed by atoms with Gasteiger partial charge in [0.2, 0.25) is 5.91 Å². The average Bonchev–Trinajstić information content (AvgIpc) is 2.93. The SMILES string of the molecule is CCOC(=O)c1c(/C=C/C(=O)NCCOc2ccccc2)c(C)n(CC)c1C. The van der Waals surface area contributed by atoms with E-state index < -0.39 is 0 Å². The molecule has 6 nitrogen and oxygen atoms in total. The number of benzene rings is 1. The molecule has 6 heteroatoms. The van der Waals surface area contributed by atoms with Gasteiger partial charge in [-0.15, -0.1) is 0 Å². The third-order valence-electron chi connectivity index (χ3n) is 4.44. The number of hydrogen-bond donors (Lipinski definition) is 1. The normalized spacial score (nSPS) is 10.9. The van der Waals surface area contributed by atoms with Gasteiger partial charge in [0.1, 0.15) is 12.4 Å². The number of rotatable bonds is 9. The molecule has 2 rings (SSSR count). The lowest BCUT2D eigenvalue weighted by Crippen LogP contribution is -2.26. The van der Waals surface area contributed by atoms with Crippen molar-refractivity contribution in [1.82, 2.24) is 9.88 Å². The number of nitrogens with zero attached hydrogens (tertiary/aromatic N) is 1. The highest BCUT2D eigenvalue weighted by Crippen LogP contribution is 2.24. The Morgan fingerprint density at radius 3 is 2.46 bits per heavy atom. The second-order valence-electron chi connectivity index (χ2n) is 6.21. The summed E-state index contributed by atoms with van der Waals surface area (Å²) in [6.07, 6.45) is 3.11. The Hall–Kier alpha value is -3.02. The molecule has 0 aliphatic carbocycles. The minimum atomic E-state index is -0.369. The second-order valence-corrected chi connectivity index (χ2v) is 6.21. The zero-order chi connectivity index (χ0) is 20.5. The number of hydrogen-bond acceptors (Lipinski definition) is 4. The number of nitrogens with one attached hydrogen (secondary N) is 1. The van der Waals surface area contributed by atoms with Crippen LogP contribution in [0.15, 0.2) is 36.4 Å². The van der Waals surface area contributed by atoms with Crippen LogP contribution in [0.1, 0.15) is 41.2 Å². The fourth-order valence-corrected chi connectivity index (χ4v) is 3.12. The first-order chi connectivity index (χ1) is 13.5. The van der Waals surface area contributed by atoms with Crippen molar-refractivity contribution in [1.29, 1.82) is 0 Å². The predicted molar refractivity (Wildman–Crippen MR) is 110 cm³/mol. The van der Waals surface area contributed by atoms with Gasteiger partial charge in [0.05, 0.1) is 18.7 Å². The topological polar surface area (TPSA) is 69.6 Å². The highest BCUT2D eigenvalue weighted by atomic mass is 16.5. The van der Waals surface area contributed by atoms with Crippen LogP contribution in [-0.4, -0.2) is 36.2 Å². The van der Waals surface area contributed by atoms with Crippen molar-refractivity contribution < 1.29 is 19.1 Å². The number of aromatic nitrogens is 1. The van der Waals surface area contributed by atoms with Crippen LogP contribution in [0.4, 0.5) is 0 Å². The Balaban J connectivity index is 2.01. The maximum atomic E-state index is 12.4. The summed E-state index contributed by atoms with van der Waals surface area (Å²) in [6, 6.07) is 9.43. The van der Waals surface area contributed by atoms with Crippen LogP contribution in [0.5, 0.6) is 5.75 Å². The number of esters is 1. The van der Waals surface area contributed by atoms with E-state index in [4.69, 9.17) is 9.47 Å². The van der Waals surface area contributed by atoms with Gasteiger partial charge in [-0.1, -0.05) is 18.2 Å². The molecule has 1 N–H and O–H groups in total. The molecule has 0 spiro atoms. The molecule has 1 aromatic carbocycles. The molecule has 1 heterocycles. The van der Waals surface area contributed by atoms with E-state index in [0.717, 1.165) is 23.7 Å². The average molecular weight is 384 g/mol. The minimum Gasteiger partial charge on any atom is -0.492 e. The number of carbonyl (C=O) groups is 2. The number of ether oxygens (including phenoxy) is 2. The predicted octanol–water partition coefficient (Wildman–Crippen LogP) is 3.51. The first kappa shape index (κ1) is 21.3. The van der Waals surface area contributed by atoms with E-state index in [9.17, 15) is 9.59 Å². The molecule has 2 aromatic rings. The summed E-state index contributed by atoms with van der Waals surface area (Å²) >= 11 is 0. The zero-order valence-electron chi connectivity index (χ0n) is 17.0. The van der Waals surface area contributed by atoms with Crippen LogP contribution in [0.3, 0.4) is 0 Å². The lowest BCUT2D eigenvalue weighted by Gasteiger charge is -2.06. The van der Waals surface area contributed by atoms with Crippen molar-refractivity contribution in [3.63, 3.8) is 0 Å². The Labute approximate surface area is 166 Å². The largest absolute Gasteiger partial charge is 0.492 e. The van der Waals surface area contributed by atoms with Crippen LogP contribution >= 0.6 is 0 Å². The van der Waals surface area contributed by atoms with Crippen molar-refractivity contribution in [2.24, 2.45) is 0 Å². The van der Waals surface area contributed by atoms with Crippen molar-refractivity contribution in [3.8, 4) is 5.75 Å². The molecule has 1 aromatic heterocycles. The van der Waals surface area contributed by atoms with E-state index in [1.165, 1.54) is 6.08 Å². The third-order valence-corrected chi connectivity index (χ3v) is 4.44. The summed E-state index contributed by atoms with van der Waals surface area (Å²) in [4.78, 5) is 24.5. The summed E-state index contributed by atoms with van der Waals surface area (Å²) < 4.78 is 12.8. The van der Waals surface area contributed by atoms with Gasteiger partial charge in [0, 0.05) is 29.6 Å². The van der Waals surface area contributed by atoms with Gasteiger partial charge in [-0.3, -0.25) is 4.79 Å². The summed E-state index contributed by atoms with van der Waals surface area (Å²) in [5, 5.41) is 2.78. The maximum Gasteiger partial charge on any atom is 0.340 e. The summed E-state index contributed by atoms with van der Waals surface area (Å²) in [5.74, 6) is 0.151. The third kappa shape index (κ3) is 5.25. The van der Waals surface area contributed by atoms with Gasteiger partial charge in [-0.05, 0) is 45.9 Å². The fraction of sp³-hybridized carbons (Fsp3) is 0.364. The Morgan fingerprint density at radius 1 is 1.11 bits per heavy atom. The van der Waals surface area contributed by atoms with Gasteiger partial charge >= 0.3 is 5.97 Å². The zero-order valence-corrected chi connectivity index (χ0v) is 17.0. The van der Waals surface area contributed by atoms with Crippen molar-refractivity contribution in [2.45, 2.75) is 34.2 Å². The fourth-order valence-electron chi connectivity index (χ4n) is 3.12. The molecule has 0 unspecified atom stereocenters. The molecule has 0 radical (unpaired) electrons. The Bertz CT molecular complexity index is 838. The Kier molecular flexibility index (Phi) is 7.87. The Morgan fingerprint density at radius 2 is 1.82 bits per heavy atom. The number of amides is 1. The number of para-hydroxylation sites is 1. The molecular formula is C22H28N2O4. The van der Waals surface area contributed by atoms with Crippen LogP contribution < -0.4 is 10.1 Å². The van der Waals surface area contributed by atoms with Gasteiger partial charge < -0.3 is 19.4 Å². The first-order valence-corrected chi connectivity index (χ1v) is 9.50. The molecule has 0 aliphatic heterocycles. The maximum absolute atomic E-state index is 12.4. The smallest absolute Gasteiger partial charge is 0.340 e. The lowest BCUT2D eigenvalue weighted by molar-refractivity contribution is -0.116. The van der Waals surface area contributed by atoms with Gasteiger partial charge in [-0.25, -0.2) is 4.79 Å². The van der Waals surface area contributed by atoms with Crippen LogP contribution in [0.25, 0.3) is 6.08 Å².